The minimum atomic E-state index is 0.0415. The molecule has 0 radical (unpaired) electrons. The second-order valence-corrected chi connectivity index (χ2v) is 6.99. The maximum absolute atomic E-state index is 11.7. The van der Waals surface area contributed by atoms with E-state index in [2.05, 4.69) is 29.3 Å². The Morgan fingerprint density at radius 1 is 1.55 bits per heavy atom. The van der Waals surface area contributed by atoms with Crippen LogP contribution in [0.25, 0.3) is 0 Å². The zero-order chi connectivity index (χ0) is 14.5. The number of carbonyl (C=O) groups is 1. The molecule has 2 heterocycles. The maximum atomic E-state index is 11.7. The van der Waals surface area contributed by atoms with E-state index in [4.69, 9.17) is 0 Å². The molecule has 112 valence electrons. The topological polar surface area (TPSA) is 35.6 Å². The molecule has 0 aliphatic carbocycles. The van der Waals surface area contributed by atoms with E-state index in [-0.39, 0.29) is 6.03 Å². The predicted octanol–water partition coefficient (Wildman–Crippen LogP) is 2.54. The van der Waals surface area contributed by atoms with Gasteiger partial charge in [-0.15, -0.1) is 11.3 Å². The lowest BCUT2D eigenvalue weighted by Crippen LogP contribution is -2.40. The molecule has 1 unspecified atom stereocenters. The van der Waals surface area contributed by atoms with Crippen LogP contribution in [0, 0.1) is 12.8 Å². The SMILES string of the molecule is CCNC(=O)N(C)CC1CCN(Cc2ccc(C)s2)C1. The molecule has 0 bridgehead atoms. The third-order valence-corrected chi connectivity index (χ3v) is 4.74. The van der Waals surface area contributed by atoms with Gasteiger partial charge < -0.3 is 10.2 Å². The highest BCUT2D eigenvalue weighted by atomic mass is 32.1. The minimum absolute atomic E-state index is 0.0415. The fraction of sp³-hybridized carbons (Fsp3) is 0.667. The van der Waals surface area contributed by atoms with Gasteiger partial charge in [-0.2, -0.15) is 0 Å². The van der Waals surface area contributed by atoms with Gasteiger partial charge in [0.15, 0.2) is 0 Å². The summed E-state index contributed by atoms with van der Waals surface area (Å²) in [5, 5.41) is 2.85. The molecule has 1 fully saturated rings. The molecule has 1 atom stereocenters. The van der Waals surface area contributed by atoms with Crippen molar-refractivity contribution < 1.29 is 4.79 Å². The molecule has 1 aliphatic heterocycles. The van der Waals surface area contributed by atoms with E-state index < -0.39 is 0 Å². The Bertz CT molecular complexity index is 446. The summed E-state index contributed by atoms with van der Waals surface area (Å²) in [4.78, 5) is 18.8. The van der Waals surface area contributed by atoms with Gasteiger partial charge in [-0.1, -0.05) is 0 Å². The lowest BCUT2D eigenvalue weighted by molar-refractivity contribution is 0.200. The quantitative estimate of drug-likeness (QED) is 0.906. The fourth-order valence-corrected chi connectivity index (χ4v) is 3.69. The summed E-state index contributed by atoms with van der Waals surface area (Å²) in [6.45, 7) is 8.95. The Morgan fingerprint density at radius 2 is 2.35 bits per heavy atom. The van der Waals surface area contributed by atoms with E-state index in [1.807, 2.05) is 30.2 Å². The zero-order valence-electron chi connectivity index (χ0n) is 12.7. The lowest BCUT2D eigenvalue weighted by atomic mass is 10.1. The Morgan fingerprint density at radius 3 is 3.00 bits per heavy atom. The molecule has 1 aliphatic rings. The van der Waals surface area contributed by atoms with Crippen LogP contribution < -0.4 is 5.32 Å². The highest BCUT2D eigenvalue weighted by Crippen LogP contribution is 2.22. The average molecular weight is 295 g/mol. The minimum Gasteiger partial charge on any atom is -0.338 e. The highest BCUT2D eigenvalue weighted by molar-refractivity contribution is 7.11. The van der Waals surface area contributed by atoms with Gasteiger partial charge in [-0.05, 0) is 44.9 Å². The molecule has 1 saturated heterocycles. The van der Waals surface area contributed by atoms with Crippen LogP contribution in [0.1, 0.15) is 23.1 Å². The van der Waals surface area contributed by atoms with Gasteiger partial charge in [0, 0.05) is 43.0 Å². The summed E-state index contributed by atoms with van der Waals surface area (Å²) < 4.78 is 0. The van der Waals surface area contributed by atoms with Crippen molar-refractivity contribution in [1.29, 1.82) is 0 Å². The molecule has 5 heteroatoms. The summed E-state index contributed by atoms with van der Waals surface area (Å²) in [6, 6.07) is 4.46. The lowest BCUT2D eigenvalue weighted by Gasteiger charge is -2.21. The molecule has 1 N–H and O–H groups in total. The number of carbonyl (C=O) groups excluding carboxylic acids is 1. The monoisotopic (exact) mass is 295 g/mol. The van der Waals surface area contributed by atoms with Gasteiger partial charge >= 0.3 is 6.03 Å². The number of nitrogens with zero attached hydrogens (tertiary/aromatic N) is 2. The van der Waals surface area contributed by atoms with Crippen LogP contribution in [0.2, 0.25) is 0 Å². The Labute approximate surface area is 125 Å². The van der Waals surface area contributed by atoms with Crippen LogP contribution >= 0.6 is 11.3 Å². The summed E-state index contributed by atoms with van der Waals surface area (Å²) in [5.41, 5.74) is 0. The van der Waals surface area contributed by atoms with Gasteiger partial charge in [-0.25, -0.2) is 4.79 Å². The van der Waals surface area contributed by atoms with Crippen LogP contribution in [0.3, 0.4) is 0 Å². The molecule has 2 rings (SSSR count). The van der Waals surface area contributed by atoms with Crippen molar-refractivity contribution in [2.75, 3.05) is 33.2 Å². The molecule has 0 saturated carbocycles. The van der Waals surface area contributed by atoms with Crippen LogP contribution in [0.4, 0.5) is 4.79 Å². The number of likely N-dealkylation sites (tertiary alicyclic amines) is 1. The van der Waals surface area contributed by atoms with E-state index in [0.717, 1.165) is 26.2 Å². The van der Waals surface area contributed by atoms with Crippen LogP contribution in [-0.4, -0.2) is 49.1 Å². The molecule has 1 aromatic heterocycles. The Kier molecular flexibility index (Phi) is 5.43. The van der Waals surface area contributed by atoms with Crippen LogP contribution in [-0.2, 0) is 6.54 Å². The molecule has 2 amide bonds. The Balaban J connectivity index is 1.76. The number of nitrogens with one attached hydrogen (secondary N) is 1. The van der Waals surface area contributed by atoms with Gasteiger partial charge in [-0.3, -0.25) is 4.90 Å². The summed E-state index contributed by atoms with van der Waals surface area (Å²) in [7, 11) is 1.89. The van der Waals surface area contributed by atoms with Crippen molar-refractivity contribution in [2.24, 2.45) is 5.92 Å². The third kappa shape index (κ3) is 4.21. The van der Waals surface area contributed by atoms with E-state index in [0.29, 0.717) is 12.5 Å². The molecule has 4 nitrogen and oxygen atoms in total. The molecule has 0 aromatic carbocycles. The third-order valence-electron chi connectivity index (χ3n) is 3.75. The van der Waals surface area contributed by atoms with Crippen molar-refractivity contribution in [3.05, 3.63) is 21.9 Å². The molecule has 1 aromatic rings. The van der Waals surface area contributed by atoms with Crippen molar-refractivity contribution in [2.45, 2.75) is 26.8 Å². The Hall–Kier alpha value is -1.07. The number of thiophene rings is 1. The first kappa shape index (κ1) is 15.3. The van der Waals surface area contributed by atoms with E-state index >= 15 is 0 Å². The first-order chi connectivity index (χ1) is 9.58. The van der Waals surface area contributed by atoms with Gasteiger partial charge in [0.05, 0.1) is 0 Å². The maximum Gasteiger partial charge on any atom is 0.317 e. The van der Waals surface area contributed by atoms with Crippen molar-refractivity contribution >= 4 is 17.4 Å². The van der Waals surface area contributed by atoms with Crippen molar-refractivity contribution in [3.63, 3.8) is 0 Å². The molecule has 0 spiro atoms. The average Bonchev–Trinajstić information content (AvgIpc) is 3.00. The molecular weight excluding hydrogens is 270 g/mol. The van der Waals surface area contributed by atoms with E-state index in [1.54, 1.807) is 0 Å². The predicted molar refractivity (Wildman–Crippen MR) is 84.1 cm³/mol. The highest BCUT2D eigenvalue weighted by Gasteiger charge is 2.25. The standard InChI is InChI=1S/C15H25N3OS/c1-4-16-15(19)17(3)9-13-7-8-18(10-13)11-14-6-5-12(2)20-14/h5-6,13H,4,7-11H2,1-3H3,(H,16,19). The van der Waals surface area contributed by atoms with Crippen molar-refractivity contribution in [1.82, 2.24) is 15.1 Å². The smallest absolute Gasteiger partial charge is 0.317 e. The first-order valence-electron chi connectivity index (χ1n) is 7.35. The largest absolute Gasteiger partial charge is 0.338 e. The second kappa shape index (κ2) is 7.09. The van der Waals surface area contributed by atoms with Crippen molar-refractivity contribution in [3.8, 4) is 0 Å². The van der Waals surface area contributed by atoms with Crippen LogP contribution in [0.15, 0.2) is 12.1 Å². The number of aryl methyl sites for hydroxylation is 1. The zero-order valence-corrected chi connectivity index (χ0v) is 13.5. The van der Waals surface area contributed by atoms with Gasteiger partial charge in [0.1, 0.15) is 0 Å². The first-order valence-corrected chi connectivity index (χ1v) is 8.16. The second-order valence-electron chi connectivity index (χ2n) is 5.62. The number of urea groups is 1. The van der Waals surface area contributed by atoms with Gasteiger partial charge in [0.2, 0.25) is 0 Å². The number of amides is 2. The van der Waals surface area contributed by atoms with E-state index in [1.165, 1.54) is 16.2 Å². The summed E-state index contributed by atoms with van der Waals surface area (Å²) >= 11 is 1.89. The summed E-state index contributed by atoms with van der Waals surface area (Å²) in [6.07, 6.45) is 1.19. The fourth-order valence-electron chi connectivity index (χ4n) is 2.75. The number of rotatable bonds is 5. The molecular formula is C15H25N3OS. The number of hydrogen-bond acceptors (Lipinski definition) is 3. The summed E-state index contributed by atoms with van der Waals surface area (Å²) in [5.74, 6) is 0.601. The molecule has 20 heavy (non-hydrogen) atoms. The van der Waals surface area contributed by atoms with Gasteiger partial charge in [0.25, 0.3) is 0 Å². The normalized spacial score (nSPS) is 19.2. The van der Waals surface area contributed by atoms with Crippen LogP contribution in [0.5, 0.6) is 0 Å². The van der Waals surface area contributed by atoms with E-state index in [9.17, 15) is 4.79 Å². The number of hydrogen-bond donors (Lipinski definition) is 1.